The maximum atomic E-state index is 13.5. The van der Waals surface area contributed by atoms with E-state index in [-0.39, 0.29) is 5.82 Å². The Morgan fingerprint density at radius 2 is 1.95 bits per heavy atom. The SMILES string of the molecule is COc1cc(CNc2cccc(F)c2C)cc(Br)c1OC. The van der Waals surface area contributed by atoms with Crippen LogP contribution in [0, 0.1) is 12.7 Å². The van der Waals surface area contributed by atoms with Gasteiger partial charge in [-0.1, -0.05) is 6.07 Å². The molecular weight excluding hydrogens is 337 g/mol. The van der Waals surface area contributed by atoms with Crippen LogP contribution < -0.4 is 14.8 Å². The van der Waals surface area contributed by atoms with Crippen LogP contribution >= 0.6 is 15.9 Å². The molecule has 2 rings (SSSR count). The summed E-state index contributed by atoms with van der Waals surface area (Å²) in [6, 6.07) is 8.84. The van der Waals surface area contributed by atoms with Gasteiger partial charge in [0.1, 0.15) is 5.82 Å². The Bertz CT molecular complexity index is 646. The zero-order chi connectivity index (χ0) is 15.4. The summed E-state index contributed by atoms with van der Waals surface area (Å²) in [4.78, 5) is 0. The van der Waals surface area contributed by atoms with Crippen molar-refractivity contribution < 1.29 is 13.9 Å². The Balaban J connectivity index is 2.20. The molecule has 0 bridgehead atoms. The molecule has 21 heavy (non-hydrogen) atoms. The molecule has 0 aromatic heterocycles. The first-order chi connectivity index (χ1) is 10.1. The molecule has 0 unspecified atom stereocenters. The summed E-state index contributed by atoms with van der Waals surface area (Å²) in [6.07, 6.45) is 0. The van der Waals surface area contributed by atoms with E-state index in [1.807, 2.05) is 18.2 Å². The van der Waals surface area contributed by atoms with E-state index in [1.165, 1.54) is 6.07 Å². The molecule has 2 aromatic carbocycles. The second-order valence-corrected chi connectivity index (χ2v) is 5.43. The molecule has 0 aliphatic carbocycles. The number of halogens is 2. The van der Waals surface area contributed by atoms with Crippen LogP contribution in [0.1, 0.15) is 11.1 Å². The van der Waals surface area contributed by atoms with Crippen LogP contribution in [0.15, 0.2) is 34.8 Å². The second kappa shape index (κ2) is 6.80. The average molecular weight is 354 g/mol. The van der Waals surface area contributed by atoms with Crippen LogP contribution in [0.2, 0.25) is 0 Å². The standard InChI is InChI=1S/C16H17BrFNO2/c1-10-13(18)5-4-6-14(10)19-9-11-7-12(17)16(21-3)15(8-11)20-2/h4-8,19H,9H2,1-3H3. The molecule has 5 heteroatoms. The molecule has 0 heterocycles. The van der Waals surface area contributed by atoms with Crippen molar-refractivity contribution in [1.29, 1.82) is 0 Å². The van der Waals surface area contributed by atoms with Crippen molar-refractivity contribution in [2.45, 2.75) is 13.5 Å². The van der Waals surface area contributed by atoms with Gasteiger partial charge in [0.15, 0.2) is 11.5 Å². The first kappa shape index (κ1) is 15.6. The highest BCUT2D eigenvalue weighted by molar-refractivity contribution is 9.10. The Morgan fingerprint density at radius 3 is 2.62 bits per heavy atom. The Kier molecular flexibility index (Phi) is 5.07. The monoisotopic (exact) mass is 353 g/mol. The van der Waals surface area contributed by atoms with Gasteiger partial charge in [-0.3, -0.25) is 0 Å². The van der Waals surface area contributed by atoms with E-state index in [0.717, 1.165) is 15.7 Å². The van der Waals surface area contributed by atoms with Gasteiger partial charge in [-0.25, -0.2) is 4.39 Å². The smallest absolute Gasteiger partial charge is 0.174 e. The average Bonchev–Trinajstić information content (AvgIpc) is 2.48. The maximum Gasteiger partial charge on any atom is 0.174 e. The van der Waals surface area contributed by atoms with Gasteiger partial charge in [0.25, 0.3) is 0 Å². The molecule has 0 saturated heterocycles. The van der Waals surface area contributed by atoms with Crippen LogP contribution in [0.3, 0.4) is 0 Å². The Hall–Kier alpha value is -1.75. The summed E-state index contributed by atoms with van der Waals surface area (Å²) in [5, 5.41) is 3.23. The third-order valence-electron chi connectivity index (χ3n) is 3.24. The summed E-state index contributed by atoms with van der Waals surface area (Å²) in [6.45, 7) is 2.31. The molecule has 0 saturated carbocycles. The van der Waals surface area contributed by atoms with Crippen LogP contribution in [-0.2, 0) is 6.54 Å². The fourth-order valence-electron chi connectivity index (χ4n) is 2.07. The zero-order valence-corrected chi connectivity index (χ0v) is 13.8. The lowest BCUT2D eigenvalue weighted by molar-refractivity contribution is 0.352. The van der Waals surface area contributed by atoms with Crippen molar-refractivity contribution in [3.63, 3.8) is 0 Å². The molecule has 1 N–H and O–H groups in total. The van der Waals surface area contributed by atoms with Gasteiger partial charge in [-0.05, 0) is 52.7 Å². The van der Waals surface area contributed by atoms with Gasteiger partial charge < -0.3 is 14.8 Å². The summed E-state index contributed by atoms with van der Waals surface area (Å²) in [5.41, 5.74) is 2.39. The van der Waals surface area contributed by atoms with Gasteiger partial charge >= 0.3 is 0 Å². The Labute approximate surface area is 132 Å². The van der Waals surface area contributed by atoms with E-state index in [9.17, 15) is 4.39 Å². The van der Waals surface area contributed by atoms with E-state index in [0.29, 0.717) is 23.6 Å². The van der Waals surface area contributed by atoms with Crippen molar-refractivity contribution >= 4 is 21.6 Å². The quantitative estimate of drug-likeness (QED) is 0.856. The van der Waals surface area contributed by atoms with Gasteiger partial charge in [-0.2, -0.15) is 0 Å². The molecule has 0 atom stereocenters. The van der Waals surface area contributed by atoms with Crippen molar-refractivity contribution in [2.24, 2.45) is 0 Å². The fraction of sp³-hybridized carbons (Fsp3) is 0.250. The number of methoxy groups -OCH3 is 2. The largest absolute Gasteiger partial charge is 0.493 e. The molecule has 3 nitrogen and oxygen atoms in total. The normalized spacial score (nSPS) is 10.3. The first-order valence-corrected chi connectivity index (χ1v) is 7.25. The van der Waals surface area contributed by atoms with Crippen molar-refractivity contribution in [3.8, 4) is 11.5 Å². The minimum Gasteiger partial charge on any atom is -0.493 e. The van der Waals surface area contributed by atoms with E-state index < -0.39 is 0 Å². The number of nitrogens with one attached hydrogen (secondary N) is 1. The molecule has 2 aromatic rings. The highest BCUT2D eigenvalue weighted by atomic mass is 79.9. The predicted molar refractivity (Wildman–Crippen MR) is 85.7 cm³/mol. The van der Waals surface area contributed by atoms with Crippen LogP contribution in [0.25, 0.3) is 0 Å². The minimum atomic E-state index is -0.214. The third kappa shape index (κ3) is 3.47. The van der Waals surface area contributed by atoms with Gasteiger partial charge in [0.05, 0.1) is 18.7 Å². The molecule has 0 amide bonds. The number of rotatable bonds is 5. The van der Waals surface area contributed by atoms with Gasteiger partial charge in [-0.15, -0.1) is 0 Å². The molecule has 0 aliphatic heterocycles. The lowest BCUT2D eigenvalue weighted by Crippen LogP contribution is -2.03. The van der Waals surface area contributed by atoms with Gasteiger partial charge in [0, 0.05) is 17.8 Å². The molecule has 0 radical (unpaired) electrons. The van der Waals surface area contributed by atoms with E-state index in [1.54, 1.807) is 27.2 Å². The number of benzene rings is 2. The Morgan fingerprint density at radius 1 is 1.19 bits per heavy atom. The summed E-state index contributed by atoms with van der Waals surface area (Å²) < 4.78 is 24.9. The second-order valence-electron chi connectivity index (χ2n) is 4.58. The summed E-state index contributed by atoms with van der Waals surface area (Å²) in [7, 11) is 3.19. The first-order valence-electron chi connectivity index (χ1n) is 6.46. The number of hydrogen-bond donors (Lipinski definition) is 1. The van der Waals surface area contributed by atoms with Crippen molar-refractivity contribution in [2.75, 3.05) is 19.5 Å². The number of hydrogen-bond acceptors (Lipinski definition) is 3. The molecule has 0 aliphatic rings. The molecular formula is C16H17BrFNO2. The number of ether oxygens (including phenoxy) is 2. The molecule has 112 valence electrons. The summed E-state index contributed by atoms with van der Waals surface area (Å²) in [5.74, 6) is 1.09. The van der Waals surface area contributed by atoms with E-state index >= 15 is 0 Å². The molecule has 0 fully saturated rings. The van der Waals surface area contributed by atoms with Crippen LogP contribution in [-0.4, -0.2) is 14.2 Å². The van der Waals surface area contributed by atoms with Crippen LogP contribution in [0.4, 0.5) is 10.1 Å². The number of anilines is 1. The highest BCUT2D eigenvalue weighted by Crippen LogP contribution is 2.36. The summed E-state index contributed by atoms with van der Waals surface area (Å²) >= 11 is 3.46. The predicted octanol–water partition coefficient (Wildman–Crippen LogP) is 4.53. The fourth-order valence-corrected chi connectivity index (χ4v) is 2.72. The molecule has 0 spiro atoms. The highest BCUT2D eigenvalue weighted by Gasteiger charge is 2.11. The van der Waals surface area contributed by atoms with Crippen molar-refractivity contribution in [3.05, 3.63) is 51.7 Å². The van der Waals surface area contributed by atoms with Crippen molar-refractivity contribution in [1.82, 2.24) is 0 Å². The van der Waals surface area contributed by atoms with E-state index in [2.05, 4.69) is 21.2 Å². The maximum absolute atomic E-state index is 13.5. The topological polar surface area (TPSA) is 30.5 Å². The lowest BCUT2D eigenvalue weighted by atomic mass is 10.1. The van der Waals surface area contributed by atoms with Crippen LogP contribution in [0.5, 0.6) is 11.5 Å². The zero-order valence-electron chi connectivity index (χ0n) is 12.2. The minimum absolute atomic E-state index is 0.214. The third-order valence-corrected chi connectivity index (χ3v) is 3.83. The van der Waals surface area contributed by atoms with E-state index in [4.69, 9.17) is 9.47 Å². The van der Waals surface area contributed by atoms with Gasteiger partial charge in [0.2, 0.25) is 0 Å². The lowest BCUT2D eigenvalue weighted by Gasteiger charge is -2.14.